The number of carbonyl (C=O) groups excluding carboxylic acids is 1. The summed E-state index contributed by atoms with van der Waals surface area (Å²) in [5.41, 5.74) is 1.06. The maximum absolute atomic E-state index is 12.6. The van der Waals surface area contributed by atoms with Crippen molar-refractivity contribution < 1.29 is 14.7 Å². The van der Waals surface area contributed by atoms with E-state index in [-0.39, 0.29) is 23.5 Å². The van der Waals surface area contributed by atoms with Crippen molar-refractivity contribution in [2.24, 2.45) is 5.92 Å². The second kappa shape index (κ2) is 9.45. The number of hydrogen-bond donors (Lipinski definition) is 3. The topological polar surface area (TPSA) is 125 Å². The number of carbonyl (C=O) groups is 2. The summed E-state index contributed by atoms with van der Waals surface area (Å²) in [6.07, 6.45) is 8.09. The molecule has 154 valence electrons. The number of aryl methyl sites for hydroxylation is 1. The molecular formula is C21H26N4O4. The van der Waals surface area contributed by atoms with Crippen LogP contribution in [0.4, 0.5) is 0 Å². The molecule has 2 atom stereocenters. The molecule has 0 radical (unpaired) electrons. The van der Waals surface area contributed by atoms with Crippen LogP contribution < -0.4 is 10.9 Å². The molecule has 2 aromatic rings. The van der Waals surface area contributed by atoms with E-state index in [0.29, 0.717) is 29.9 Å². The van der Waals surface area contributed by atoms with Crippen molar-refractivity contribution in [3.63, 3.8) is 0 Å². The van der Waals surface area contributed by atoms with Gasteiger partial charge in [-0.2, -0.15) is 0 Å². The molecular weight excluding hydrogens is 372 g/mol. The number of nitrogens with zero attached hydrogens (tertiary/aromatic N) is 2. The number of H-pyrrole nitrogens is 1. The van der Waals surface area contributed by atoms with Gasteiger partial charge in [-0.05, 0) is 31.9 Å². The number of carboxylic acid groups (broad SMARTS) is 1. The Bertz CT molecular complexity index is 926. The first-order chi connectivity index (χ1) is 14.0. The van der Waals surface area contributed by atoms with Crippen molar-refractivity contribution >= 4 is 11.9 Å². The maximum atomic E-state index is 12.6. The van der Waals surface area contributed by atoms with Crippen LogP contribution in [0.5, 0.6) is 0 Å². The lowest BCUT2D eigenvalue weighted by Crippen LogP contribution is -2.45. The predicted octanol–water partition coefficient (Wildman–Crippen LogP) is 2.22. The second-order valence-corrected chi connectivity index (χ2v) is 7.51. The summed E-state index contributed by atoms with van der Waals surface area (Å²) in [4.78, 5) is 47.9. The molecule has 8 nitrogen and oxygen atoms in total. The standard InChI is InChI=1S/C21H26N4O4/c1-13-16(20(27)25-19(23-13)14-7-6-10-22-12-14)11-18(26)24-17-9-5-3-2-4-8-15(17)21(28)29/h6-7,10,12,15,17H,2-5,8-9,11H2,1H3,(H,24,26)(H,28,29)(H,23,25,27). The van der Waals surface area contributed by atoms with Gasteiger partial charge in [0.05, 0.1) is 12.3 Å². The lowest BCUT2D eigenvalue weighted by Gasteiger charge is -2.27. The normalized spacial score (nSPS) is 19.8. The van der Waals surface area contributed by atoms with Gasteiger partial charge in [0.25, 0.3) is 5.56 Å². The van der Waals surface area contributed by atoms with Crippen molar-refractivity contribution in [3.8, 4) is 11.4 Å². The van der Waals surface area contributed by atoms with E-state index in [1.54, 1.807) is 31.5 Å². The Kier molecular flexibility index (Phi) is 6.74. The van der Waals surface area contributed by atoms with Crippen LogP contribution >= 0.6 is 0 Å². The number of rotatable bonds is 5. The van der Waals surface area contributed by atoms with Crippen molar-refractivity contribution in [1.82, 2.24) is 20.3 Å². The molecule has 2 unspecified atom stereocenters. The Morgan fingerprint density at radius 1 is 1.24 bits per heavy atom. The third-order valence-electron chi connectivity index (χ3n) is 5.42. The molecule has 1 fully saturated rings. The SMILES string of the molecule is Cc1nc(-c2cccnc2)[nH]c(=O)c1CC(=O)NC1CCCCCCC1C(=O)O. The Labute approximate surface area is 168 Å². The summed E-state index contributed by atoms with van der Waals surface area (Å²) in [6, 6.07) is 3.12. The molecule has 29 heavy (non-hydrogen) atoms. The molecule has 2 aromatic heterocycles. The van der Waals surface area contributed by atoms with Crippen LogP contribution in [-0.2, 0) is 16.0 Å². The highest BCUT2D eigenvalue weighted by molar-refractivity contribution is 5.80. The minimum atomic E-state index is -0.881. The van der Waals surface area contributed by atoms with Crippen molar-refractivity contribution in [1.29, 1.82) is 0 Å². The third kappa shape index (κ3) is 5.28. The molecule has 0 aromatic carbocycles. The van der Waals surface area contributed by atoms with E-state index in [2.05, 4.69) is 20.3 Å². The Morgan fingerprint density at radius 2 is 2.00 bits per heavy atom. The van der Waals surface area contributed by atoms with E-state index < -0.39 is 17.9 Å². The van der Waals surface area contributed by atoms with Crippen LogP contribution in [0.2, 0.25) is 0 Å². The average molecular weight is 398 g/mol. The number of nitrogens with one attached hydrogen (secondary N) is 2. The highest BCUT2D eigenvalue weighted by Crippen LogP contribution is 2.23. The van der Waals surface area contributed by atoms with Crippen LogP contribution in [0.25, 0.3) is 11.4 Å². The van der Waals surface area contributed by atoms with Crippen LogP contribution in [0, 0.1) is 12.8 Å². The Balaban J connectivity index is 1.74. The quantitative estimate of drug-likeness (QED) is 0.709. The number of carboxylic acids is 1. The lowest BCUT2D eigenvalue weighted by molar-refractivity contribution is -0.143. The predicted molar refractivity (Wildman–Crippen MR) is 107 cm³/mol. The van der Waals surface area contributed by atoms with Crippen LogP contribution in [0.1, 0.15) is 49.8 Å². The van der Waals surface area contributed by atoms with E-state index in [4.69, 9.17) is 0 Å². The fourth-order valence-corrected chi connectivity index (χ4v) is 3.83. The van der Waals surface area contributed by atoms with Gasteiger partial charge in [-0.3, -0.25) is 19.4 Å². The molecule has 1 aliphatic rings. The monoisotopic (exact) mass is 398 g/mol. The second-order valence-electron chi connectivity index (χ2n) is 7.51. The van der Waals surface area contributed by atoms with Crippen molar-refractivity contribution in [3.05, 3.63) is 46.1 Å². The molecule has 0 aliphatic heterocycles. The van der Waals surface area contributed by atoms with Gasteiger partial charge in [0.15, 0.2) is 0 Å². The third-order valence-corrected chi connectivity index (χ3v) is 5.42. The first-order valence-corrected chi connectivity index (χ1v) is 9.98. The fraction of sp³-hybridized carbons (Fsp3) is 0.476. The van der Waals surface area contributed by atoms with Gasteiger partial charge >= 0.3 is 5.97 Å². The number of pyridine rings is 1. The smallest absolute Gasteiger partial charge is 0.308 e. The van der Waals surface area contributed by atoms with Crippen molar-refractivity contribution in [2.45, 2.75) is 57.9 Å². The molecule has 8 heteroatoms. The van der Waals surface area contributed by atoms with E-state index in [9.17, 15) is 19.5 Å². The molecule has 1 aliphatic carbocycles. The summed E-state index contributed by atoms with van der Waals surface area (Å²) >= 11 is 0. The fourth-order valence-electron chi connectivity index (χ4n) is 3.83. The van der Waals surface area contributed by atoms with E-state index in [1.165, 1.54) is 0 Å². The number of aromatic amines is 1. The van der Waals surface area contributed by atoms with Gasteiger partial charge in [0, 0.05) is 35.3 Å². The van der Waals surface area contributed by atoms with Crippen molar-refractivity contribution in [2.75, 3.05) is 0 Å². The van der Waals surface area contributed by atoms with Gasteiger partial charge in [0.2, 0.25) is 5.91 Å². The molecule has 0 saturated heterocycles. The highest BCUT2D eigenvalue weighted by atomic mass is 16.4. The highest BCUT2D eigenvalue weighted by Gasteiger charge is 2.30. The average Bonchev–Trinajstić information content (AvgIpc) is 2.67. The molecule has 1 amide bonds. The number of amides is 1. The minimum absolute atomic E-state index is 0.135. The van der Waals surface area contributed by atoms with Gasteiger partial charge in [-0.1, -0.05) is 25.7 Å². The molecule has 3 rings (SSSR count). The minimum Gasteiger partial charge on any atom is -0.481 e. The molecule has 0 spiro atoms. The zero-order valence-electron chi connectivity index (χ0n) is 16.5. The van der Waals surface area contributed by atoms with Gasteiger partial charge < -0.3 is 15.4 Å². The number of aromatic nitrogens is 3. The molecule has 2 heterocycles. The van der Waals surface area contributed by atoms with Crippen LogP contribution in [-0.4, -0.2) is 38.0 Å². The number of aliphatic carboxylic acids is 1. The summed E-state index contributed by atoms with van der Waals surface area (Å²) in [5, 5.41) is 12.4. The molecule has 3 N–H and O–H groups in total. The van der Waals surface area contributed by atoms with Gasteiger partial charge in [-0.15, -0.1) is 0 Å². The molecule has 0 bridgehead atoms. The van der Waals surface area contributed by atoms with E-state index in [1.807, 2.05) is 0 Å². The summed E-state index contributed by atoms with van der Waals surface area (Å²) in [6.45, 7) is 1.69. The molecule has 1 saturated carbocycles. The maximum Gasteiger partial charge on any atom is 0.308 e. The van der Waals surface area contributed by atoms with Gasteiger partial charge in [-0.25, -0.2) is 4.98 Å². The largest absolute Gasteiger partial charge is 0.481 e. The Morgan fingerprint density at radius 3 is 2.66 bits per heavy atom. The first kappa shape index (κ1) is 20.7. The van der Waals surface area contributed by atoms with Crippen LogP contribution in [0.3, 0.4) is 0 Å². The van der Waals surface area contributed by atoms with E-state index in [0.717, 1.165) is 25.7 Å². The van der Waals surface area contributed by atoms with Crippen LogP contribution in [0.15, 0.2) is 29.3 Å². The Hall–Kier alpha value is -3.03. The summed E-state index contributed by atoms with van der Waals surface area (Å²) < 4.78 is 0. The first-order valence-electron chi connectivity index (χ1n) is 9.98. The zero-order valence-corrected chi connectivity index (χ0v) is 16.5. The van der Waals surface area contributed by atoms with Gasteiger partial charge in [0.1, 0.15) is 5.82 Å². The summed E-state index contributed by atoms with van der Waals surface area (Å²) in [5.74, 6) is -1.43. The van der Waals surface area contributed by atoms with E-state index >= 15 is 0 Å². The number of hydrogen-bond acceptors (Lipinski definition) is 5. The lowest BCUT2D eigenvalue weighted by atomic mass is 9.86. The zero-order chi connectivity index (χ0) is 20.8. The summed E-state index contributed by atoms with van der Waals surface area (Å²) in [7, 11) is 0.